The number of hydrogen-bond donors (Lipinski definition) is 1. The molecule has 2 heteroatoms. The third-order valence-corrected chi connectivity index (χ3v) is 3.11. The van der Waals surface area contributed by atoms with Gasteiger partial charge in [0.25, 0.3) is 0 Å². The van der Waals surface area contributed by atoms with Crippen molar-refractivity contribution in [1.82, 2.24) is 0 Å². The lowest BCUT2D eigenvalue weighted by atomic mass is 10.1. The molecular weight excluding hydrogens is 266 g/mol. The number of anilines is 1. The fourth-order valence-electron chi connectivity index (χ4n) is 1.85. The van der Waals surface area contributed by atoms with Crippen molar-refractivity contribution in [2.45, 2.75) is 12.5 Å². The highest BCUT2D eigenvalue weighted by atomic mass is 35.5. The highest BCUT2D eigenvalue weighted by Crippen LogP contribution is 2.16. The van der Waals surface area contributed by atoms with Gasteiger partial charge in [0.2, 0.25) is 0 Å². The molecule has 0 saturated heterocycles. The van der Waals surface area contributed by atoms with E-state index in [1.54, 1.807) is 0 Å². The molecule has 2 aromatic carbocycles. The summed E-state index contributed by atoms with van der Waals surface area (Å²) in [6.07, 6.45) is 10.2. The van der Waals surface area contributed by atoms with Crippen LogP contribution >= 0.6 is 11.6 Å². The minimum absolute atomic E-state index is 0.0985. The van der Waals surface area contributed by atoms with Gasteiger partial charge in [-0.25, -0.2) is 0 Å². The van der Waals surface area contributed by atoms with Crippen LogP contribution in [-0.2, 0) is 0 Å². The van der Waals surface area contributed by atoms with Crippen LogP contribution in [-0.4, -0.2) is 6.04 Å². The summed E-state index contributed by atoms with van der Waals surface area (Å²) in [5, 5.41) is 4.12. The van der Waals surface area contributed by atoms with Crippen molar-refractivity contribution in [3.8, 4) is 12.3 Å². The van der Waals surface area contributed by atoms with Crippen molar-refractivity contribution >= 4 is 23.4 Å². The Balaban J connectivity index is 2.05. The molecule has 0 aliphatic rings. The second kappa shape index (κ2) is 7.43. The Morgan fingerprint density at radius 2 is 1.80 bits per heavy atom. The SMILES string of the molecule is C#CCC(/C=C/c1ccccc1)Nc1ccc(Cl)cc1. The molecular formula is C18H16ClN. The zero-order valence-electron chi connectivity index (χ0n) is 11.1. The molecule has 0 amide bonds. The Morgan fingerprint density at radius 3 is 2.45 bits per heavy atom. The van der Waals surface area contributed by atoms with Crippen LogP contribution < -0.4 is 5.32 Å². The van der Waals surface area contributed by atoms with E-state index in [9.17, 15) is 0 Å². The molecule has 2 aromatic rings. The normalized spacial score (nSPS) is 12.0. The zero-order chi connectivity index (χ0) is 14.2. The fourth-order valence-corrected chi connectivity index (χ4v) is 1.97. The first-order valence-electron chi connectivity index (χ1n) is 6.47. The van der Waals surface area contributed by atoms with Crippen LogP contribution in [0.5, 0.6) is 0 Å². The molecule has 0 bridgehead atoms. The second-order valence-corrected chi connectivity index (χ2v) is 4.87. The van der Waals surface area contributed by atoms with Gasteiger partial charge in [0, 0.05) is 17.1 Å². The summed E-state index contributed by atoms with van der Waals surface area (Å²) >= 11 is 5.88. The molecule has 0 fully saturated rings. The number of terminal acetylenes is 1. The van der Waals surface area contributed by atoms with E-state index in [0.29, 0.717) is 6.42 Å². The maximum Gasteiger partial charge on any atom is 0.0556 e. The Kier molecular flexibility index (Phi) is 5.29. The van der Waals surface area contributed by atoms with Gasteiger partial charge in [-0.1, -0.05) is 54.1 Å². The lowest BCUT2D eigenvalue weighted by Gasteiger charge is -2.14. The maximum atomic E-state index is 5.88. The Morgan fingerprint density at radius 1 is 1.10 bits per heavy atom. The first-order valence-corrected chi connectivity index (χ1v) is 6.84. The summed E-state index contributed by atoms with van der Waals surface area (Å²) in [4.78, 5) is 0. The molecule has 0 aliphatic heterocycles. The molecule has 1 atom stereocenters. The monoisotopic (exact) mass is 281 g/mol. The number of nitrogens with one attached hydrogen (secondary N) is 1. The van der Waals surface area contributed by atoms with Gasteiger partial charge in [-0.15, -0.1) is 12.3 Å². The molecule has 1 nitrogen and oxygen atoms in total. The molecule has 100 valence electrons. The molecule has 0 heterocycles. The highest BCUT2D eigenvalue weighted by molar-refractivity contribution is 6.30. The Bertz CT molecular complexity index is 594. The molecule has 2 rings (SSSR count). The summed E-state index contributed by atoms with van der Waals surface area (Å²) in [6, 6.07) is 17.9. The van der Waals surface area contributed by atoms with Gasteiger partial charge in [0.1, 0.15) is 0 Å². The average Bonchev–Trinajstić information content (AvgIpc) is 2.48. The average molecular weight is 282 g/mol. The third kappa shape index (κ3) is 4.50. The third-order valence-electron chi connectivity index (χ3n) is 2.85. The predicted molar refractivity (Wildman–Crippen MR) is 87.8 cm³/mol. The number of hydrogen-bond acceptors (Lipinski definition) is 1. The van der Waals surface area contributed by atoms with Crippen molar-refractivity contribution in [1.29, 1.82) is 0 Å². The molecule has 0 spiro atoms. The lowest BCUT2D eigenvalue weighted by molar-refractivity contribution is 0.917. The highest BCUT2D eigenvalue weighted by Gasteiger charge is 2.02. The van der Waals surface area contributed by atoms with Gasteiger partial charge < -0.3 is 5.32 Å². The molecule has 20 heavy (non-hydrogen) atoms. The van der Waals surface area contributed by atoms with Crippen LogP contribution in [0.15, 0.2) is 60.7 Å². The number of rotatable bonds is 5. The standard InChI is InChI=1S/C18H16ClN/c1-2-6-17(12-9-15-7-4-3-5-8-15)20-18-13-10-16(19)11-14-18/h1,3-5,7-14,17,20H,6H2/b12-9+. The summed E-state index contributed by atoms with van der Waals surface area (Å²) in [7, 11) is 0. The summed E-state index contributed by atoms with van der Waals surface area (Å²) < 4.78 is 0. The number of halogens is 1. The smallest absolute Gasteiger partial charge is 0.0556 e. The quantitative estimate of drug-likeness (QED) is 0.772. The summed E-state index contributed by atoms with van der Waals surface area (Å²) in [5.74, 6) is 2.70. The van der Waals surface area contributed by atoms with Crippen molar-refractivity contribution < 1.29 is 0 Å². The fraction of sp³-hybridized carbons (Fsp3) is 0.111. The van der Waals surface area contributed by atoms with E-state index in [-0.39, 0.29) is 6.04 Å². The van der Waals surface area contributed by atoms with Gasteiger partial charge in [-0.2, -0.15) is 0 Å². The van der Waals surface area contributed by atoms with Crippen molar-refractivity contribution in [3.63, 3.8) is 0 Å². The molecule has 0 aliphatic carbocycles. The Labute approximate surface area is 125 Å². The second-order valence-electron chi connectivity index (χ2n) is 4.44. The minimum atomic E-state index is 0.0985. The molecule has 1 unspecified atom stereocenters. The van der Waals surface area contributed by atoms with Crippen LogP contribution in [0, 0.1) is 12.3 Å². The van der Waals surface area contributed by atoms with Crippen molar-refractivity contribution in [2.24, 2.45) is 0 Å². The summed E-state index contributed by atoms with van der Waals surface area (Å²) in [5.41, 5.74) is 2.17. The number of benzene rings is 2. The van der Waals surface area contributed by atoms with E-state index >= 15 is 0 Å². The van der Waals surface area contributed by atoms with Crippen molar-refractivity contribution in [2.75, 3.05) is 5.32 Å². The van der Waals surface area contributed by atoms with E-state index in [0.717, 1.165) is 16.3 Å². The maximum absolute atomic E-state index is 5.88. The van der Waals surface area contributed by atoms with Crippen LogP contribution in [0.2, 0.25) is 5.02 Å². The van der Waals surface area contributed by atoms with Crippen LogP contribution in [0.3, 0.4) is 0 Å². The van der Waals surface area contributed by atoms with Gasteiger partial charge in [0.05, 0.1) is 6.04 Å². The first-order chi connectivity index (χ1) is 9.78. The van der Waals surface area contributed by atoms with E-state index in [2.05, 4.69) is 35.5 Å². The molecule has 1 N–H and O–H groups in total. The summed E-state index contributed by atoms with van der Waals surface area (Å²) in [6.45, 7) is 0. The van der Waals surface area contributed by atoms with Gasteiger partial charge >= 0.3 is 0 Å². The van der Waals surface area contributed by atoms with Crippen LogP contribution in [0.25, 0.3) is 6.08 Å². The lowest BCUT2D eigenvalue weighted by Crippen LogP contribution is -2.15. The molecule has 0 aromatic heterocycles. The topological polar surface area (TPSA) is 12.0 Å². The van der Waals surface area contributed by atoms with Crippen LogP contribution in [0.1, 0.15) is 12.0 Å². The van der Waals surface area contributed by atoms with Crippen LogP contribution in [0.4, 0.5) is 5.69 Å². The molecule has 0 radical (unpaired) electrons. The molecule has 0 saturated carbocycles. The minimum Gasteiger partial charge on any atom is -0.378 e. The van der Waals surface area contributed by atoms with Gasteiger partial charge in [0.15, 0.2) is 0 Å². The van der Waals surface area contributed by atoms with E-state index in [4.69, 9.17) is 18.0 Å². The largest absolute Gasteiger partial charge is 0.378 e. The Hall–Kier alpha value is -2.17. The van der Waals surface area contributed by atoms with Gasteiger partial charge in [-0.3, -0.25) is 0 Å². The van der Waals surface area contributed by atoms with E-state index < -0.39 is 0 Å². The zero-order valence-corrected chi connectivity index (χ0v) is 11.8. The predicted octanol–water partition coefficient (Wildman–Crippen LogP) is 4.86. The van der Waals surface area contributed by atoms with Crippen molar-refractivity contribution in [3.05, 3.63) is 71.3 Å². The van der Waals surface area contributed by atoms with Gasteiger partial charge in [-0.05, 0) is 29.8 Å². The van der Waals surface area contributed by atoms with E-state index in [1.807, 2.05) is 42.5 Å². The van der Waals surface area contributed by atoms with E-state index in [1.165, 1.54) is 0 Å². The first kappa shape index (κ1) is 14.2.